The van der Waals surface area contributed by atoms with Crippen LogP contribution in [-0.4, -0.2) is 52.6 Å². The van der Waals surface area contributed by atoms with E-state index < -0.39 is 10.0 Å². The largest absolute Gasteiger partial charge is 0.383 e. The Kier molecular flexibility index (Phi) is 8.06. The van der Waals surface area contributed by atoms with Gasteiger partial charge in [0.25, 0.3) is 5.91 Å². The Labute approximate surface area is 157 Å². The van der Waals surface area contributed by atoms with Crippen LogP contribution in [0.4, 0.5) is 0 Å². The molecular weight excluding hydrogens is 352 g/mol. The van der Waals surface area contributed by atoms with Crippen LogP contribution in [0.1, 0.15) is 49.4 Å². The zero-order valence-electron chi connectivity index (χ0n) is 15.7. The van der Waals surface area contributed by atoms with Crippen LogP contribution in [0.3, 0.4) is 0 Å². The number of likely N-dealkylation sites (tertiary alicyclic amines) is 1. The van der Waals surface area contributed by atoms with Gasteiger partial charge < -0.3 is 9.64 Å². The van der Waals surface area contributed by atoms with Gasteiger partial charge in [0, 0.05) is 32.3 Å². The van der Waals surface area contributed by atoms with Gasteiger partial charge in [-0.15, -0.1) is 0 Å². The number of carbonyl (C=O) groups is 1. The minimum absolute atomic E-state index is 0.0870. The topological polar surface area (TPSA) is 75.7 Å². The molecule has 1 aromatic carbocycles. The maximum Gasteiger partial charge on any atom is 0.253 e. The van der Waals surface area contributed by atoms with Crippen molar-refractivity contribution >= 4 is 15.9 Å². The molecule has 0 spiro atoms. The van der Waals surface area contributed by atoms with E-state index in [1.165, 1.54) is 32.1 Å². The molecule has 0 aromatic heterocycles. The minimum Gasteiger partial charge on any atom is -0.383 e. The third kappa shape index (κ3) is 5.79. The van der Waals surface area contributed by atoms with E-state index >= 15 is 0 Å². The van der Waals surface area contributed by atoms with Crippen LogP contribution in [0, 0.1) is 5.92 Å². The Morgan fingerprint density at radius 1 is 1.31 bits per heavy atom. The zero-order valence-corrected chi connectivity index (χ0v) is 16.6. The molecular formula is C19H30N2O4S. The van der Waals surface area contributed by atoms with E-state index in [0.29, 0.717) is 18.1 Å². The third-order valence-corrected chi connectivity index (χ3v) is 6.28. The van der Waals surface area contributed by atoms with E-state index in [4.69, 9.17) is 4.74 Å². The number of ether oxygens (including phenoxy) is 1. The summed E-state index contributed by atoms with van der Waals surface area (Å²) >= 11 is 0. The van der Waals surface area contributed by atoms with Crippen molar-refractivity contribution in [3.8, 4) is 0 Å². The van der Waals surface area contributed by atoms with Crippen LogP contribution in [0.15, 0.2) is 29.2 Å². The van der Waals surface area contributed by atoms with Gasteiger partial charge in [0.2, 0.25) is 10.0 Å². The zero-order chi connectivity index (χ0) is 19.0. The van der Waals surface area contributed by atoms with Crippen LogP contribution >= 0.6 is 0 Å². The van der Waals surface area contributed by atoms with Gasteiger partial charge >= 0.3 is 0 Å². The molecule has 0 aliphatic carbocycles. The highest BCUT2D eigenvalue weighted by atomic mass is 32.2. The summed E-state index contributed by atoms with van der Waals surface area (Å²) in [5.74, 6) is 0.602. The van der Waals surface area contributed by atoms with Crippen molar-refractivity contribution in [1.29, 1.82) is 0 Å². The lowest BCUT2D eigenvalue weighted by Gasteiger charge is -2.21. The molecule has 0 saturated carbocycles. The molecule has 7 heteroatoms. The lowest BCUT2D eigenvalue weighted by Crippen LogP contribution is -2.32. The summed E-state index contributed by atoms with van der Waals surface area (Å²) in [6.45, 7) is 4.17. The van der Waals surface area contributed by atoms with Gasteiger partial charge in [-0.1, -0.05) is 25.8 Å². The second-order valence-electron chi connectivity index (χ2n) is 6.80. The SMILES string of the molecule is CCCC1CCCN(C(=O)c2cccc(S(=O)(=O)NCCOC)c2)CC1. The number of hydrogen-bond donors (Lipinski definition) is 1. The van der Waals surface area contributed by atoms with E-state index in [1.807, 2.05) is 4.90 Å². The Morgan fingerprint density at radius 2 is 2.12 bits per heavy atom. The third-order valence-electron chi connectivity index (χ3n) is 4.82. The summed E-state index contributed by atoms with van der Waals surface area (Å²) in [5, 5.41) is 0. The molecule has 1 heterocycles. The van der Waals surface area contributed by atoms with Crippen molar-refractivity contribution in [2.24, 2.45) is 5.92 Å². The van der Waals surface area contributed by atoms with E-state index in [9.17, 15) is 13.2 Å². The van der Waals surface area contributed by atoms with Gasteiger partial charge in [0.15, 0.2) is 0 Å². The molecule has 1 fully saturated rings. The average molecular weight is 383 g/mol. The van der Waals surface area contributed by atoms with Crippen LogP contribution in [0.2, 0.25) is 0 Å². The van der Waals surface area contributed by atoms with Gasteiger partial charge in [-0.2, -0.15) is 0 Å². The number of nitrogens with one attached hydrogen (secondary N) is 1. The normalized spacial score (nSPS) is 18.5. The predicted molar refractivity (Wildman–Crippen MR) is 102 cm³/mol. The Bertz CT molecular complexity index is 691. The second-order valence-corrected chi connectivity index (χ2v) is 8.56. The first-order chi connectivity index (χ1) is 12.5. The van der Waals surface area contributed by atoms with Crippen molar-refractivity contribution in [2.75, 3.05) is 33.4 Å². The molecule has 1 aromatic rings. The van der Waals surface area contributed by atoms with Crippen LogP contribution in [0.5, 0.6) is 0 Å². The summed E-state index contributed by atoms with van der Waals surface area (Å²) < 4.78 is 32.0. The van der Waals surface area contributed by atoms with Gasteiger partial charge in [-0.25, -0.2) is 13.1 Å². The van der Waals surface area contributed by atoms with Crippen molar-refractivity contribution < 1.29 is 17.9 Å². The van der Waals surface area contributed by atoms with Crippen LogP contribution < -0.4 is 4.72 Å². The fourth-order valence-electron chi connectivity index (χ4n) is 3.41. The quantitative estimate of drug-likeness (QED) is 0.702. The molecule has 26 heavy (non-hydrogen) atoms. The lowest BCUT2D eigenvalue weighted by molar-refractivity contribution is 0.0759. The molecule has 0 bridgehead atoms. The highest BCUT2D eigenvalue weighted by Crippen LogP contribution is 2.23. The molecule has 1 saturated heterocycles. The Hall–Kier alpha value is -1.44. The standard InChI is InChI=1S/C19H30N2O4S/c1-3-6-16-7-5-12-21(13-10-16)19(22)17-8-4-9-18(15-17)26(23,24)20-11-14-25-2/h4,8-9,15-16,20H,3,5-7,10-14H2,1-2H3. The number of nitrogens with zero attached hydrogens (tertiary/aromatic N) is 1. The van der Waals surface area contributed by atoms with Crippen molar-refractivity contribution in [2.45, 2.75) is 43.9 Å². The van der Waals surface area contributed by atoms with Crippen molar-refractivity contribution in [1.82, 2.24) is 9.62 Å². The van der Waals surface area contributed by atoms with Crippen LogP contribution in [0.25, 0.3) is 0 Å². The lowest BCUT2D eigenvalue weighted by atomic mass is 9.96. The van der Waals surface area contributed by atoms with Crippen molar-refractivity contribution in [3.63, 3.8) is 0 Å². The Balaban J connectivity index is 2.08. The fraction of sp³-hybridized carbons (Fsp3) is 0.632. The first-order valence-corrected chi connectivity index (χ1v) is 10.8. The number of benzene rings is 1. The Morgan fingerprint density at radius 3 is 2.85 bits per heavy atom. The number of carbonyl (C=O) groups excluding carboxylic acids is 1. The minimum atomic E-state index is -3.64. The molecule has 1 aliphatic rings. The summed E-state index contributed by atoms with van der Waals surface area (Å²) in [4.78, 5) is 14.8. The van der Waals surface area contributed by atoms with Gasteiger partial charge in [-0.3, -0.25) is 4.79 Å². The number of sulfonamides is 1. The van der Waals surface area contributed by atoms with E-state index in [2.05, 4.69) is 11.6 Å². The van der Waals surface area contributed by atoms with Gasteiger partial charge in [0.05, 0.1) is 11.5 Å². The monoisotopic (exact) mass is 382 g/mol. The van der Waals surface area contributed by atoms with Crippen LogP contribution in [-0.2, 0) is 14.8 Å². The summed E-state index contributed by atoms with van der Waals surface area (Å²) in [5.41, 5.74) is 0.425. The summed E-state index contributed by atoms with van der Waals surface area (Å²) in [6, 6.07) is 6.28. The maximum atomic E-state index is 12.8. The molecule has 1 amide bonds. The highest BCUT2D eigenvalue weighted by molar-refractivity contribution is 7.89. The van der Waals surface area contributed by atoms with Gasteiger partial charge in [-0.05, 0) is 43.4 Å². The average Bonchev–Trinajstić information content (AvgIpc) is 2.87. The van der Waals surface area contributed by atoms with Gasteiger partial charge in [0.1, 0.15) is 0 Å². The highest BCUT2D eigenvalue weighted by Gasteiger charge is 2.22. The smallest absolute Gasteiger partial charge is 0.253 e. The molecule has 1 atom stereocenters. The predicted octanol–water partition coefficient (Wildman–Crippen LogP) is 2.65. The summed E-state index contributed by atoms with van der Waals surface area (Å²) in [6.07, 6.45) is 5.58. The first-order valence-electron chi connectivity index (χ1n) is 9.36. The fourth-order valence-corrected chi connectivity index (χ4v) is 4.46. The van der Waals surface area contributed by atoms with E-state index in [0.717, 1.165) is 32.4 Å². The molecule has 6 nitrogen and oxygen atoms in total. The number of rotatable bonds is 8. The number of amides is 1. The molecule has 1 aliphatic heterocycles. The molecule has 2 rings (SSSR count). The molecule has 1 unspecified atom stereocenters. The number of hydrogen-bond acceptors (Lipinski definition) is 4. The summed E-state index contributed by atoms with van der Waals surface area (Å²) in [7, 11) is -2.13. The van der Waals surface area contributed by atoms with Crippen molar-refractivity contribution in [3.05, 3.63) is 29.8 Å². The van der Waals surface area contributed by atoms with E-state index in [-0.39, 0.29) is 17.3 Å². The molecule has 146 valence electrons. The first kappa shape index (κ1) is 20.9. The number of methoxy groups -OCH3 is 1. The second kappa shape index (κ2) is 10.0. The maximum absolute atomic E-state index is 12.8. The molecule has 1 N–H and O–H groups in total. The molecule has 0 radical (unpaired) electrons. The van der Waals surface area contributed by atoms with E-state index in [1.54, 1.807) is 12.1 Å².